The van der Waals surface area contributed by atoms with E-state index >= 15 is 0 Å². The van der Waals surface area contributed by atoms with Gasteiger partial charge < -0.3 is 15.2 Å². The largest absolute Gasteiger partial charge is 0.490 e. The average Bonchev–Trinajstić information content (AvgIpc) is 2.96. The first-order valence-corrected chi connectivity index (χ1v) is 6.44. The third kappa shape index (κ3) is 2.10. The van der Waals surface area contributed by atoms with Crippen molar-refractivity contribution < 1.29 is 13.9 Å². The first kappa shape index (κ1) is 11.9. The average molecular weight is 251 g/mol. The van der Waals surface area contributed by atoms with Crippen molar-refractivity contribution in [2.45, 2.75) is 25.4 Å². The molecule has 2 N–H and O–H groups in total. The smallest absolute Gasteiger partial charge is 0.123 e. The molecule has 0 spiro atoms. The second kappa shape index (κ2) is 4.52. The van der Waals surface area contributed by atoms with E-state index in [9.17, 15) is 4.39 Å². The second-order valence-corrected chi connectivity index (χ2v) is 5.41. The van der Waals surface area contributed by atoms with Crippen LogP contribution in [-0.4, -0.2) is 25.9 Å². The molecule has 2 aliphatic heterocycles. The van der Waals surface area contributed by atoms with Gasteiger partial charge >= 0.3 is 0 Å². The molecule has 2 aliphatic rings. The van der Waals surface area contributed by atoms with Crippen molar-refractivity contribution in [3.8, 4) is 5.75 Å². The molecule has 4 heteroatoms. The van der Waals surface area contributed by atoms with Crippen molar-refractivity contribution >= 4 is 0 Å². The fourth-order valence-electron chi connectivity index (χ4n) is 2.94. The van der Waals surface area contributed by atoms with Crippen molar-refractivity contribution in [3.63, 3.8) is 0 Å². The van der Waals surface area contributed by atoms with E-state index < -0.39 is 0 Å². The summed E-state index contributed by atoms with van der Waals surface area (Å²) >= 11 is 0. The maximum Gasteiger partial charge on any atom is 0.123 e. The Morgan fingerprint density at radius 3 is 3.06 bits per heavy atom. The highest BCUT2D eigenvalue weighted by atomic mass is 19.1. The number of halogens is 1. The van der Waals surface area contributed by atoms with Crippen LogP contribution in [0.15, 0.2) is 18.2 Å². The normalized spacial score (nSPS) is 30.2. The molecule has 0 amide bonds. The first-order chi connectivity index (χ1) is 8.71. The zero-order valence-electron chi connectivity index (χ0n) is 10.3. The molecule has 0 aliphatic carbocycles. The molecule has 98 valence electrons. The van der Waals surface area contributed by atoms with E-state index in [4.69, 9.17) is 15.2 Å². The summed E-state index contributed by atoms with van der Waals surface area (Å²) in [7, 11) is 0. The summed E-state index contributed by atoms with van der Waals surface area (Å²) in [5.74, 6) is 0.614. The molecule has 2 atom stereocenters. The number of nitrogens with two attached hydrogens (primary N) is 1. The Bertz CT molecular complexity index is 443. The zero-order valence-corrected chi connectivity index (χ0v) is 10.3. The van der Waals surface area contributed by atoms with Gasteiger partial charge in [0.05, 0.1) is 6.61 Å². The van der Waals surface area contributed by atoms with Gasteiger partial charge in [0.2, 0.25) is 0 Å². The van der Waals surface area contributed by atoms with E-state index in [1.807, 2.05) is 0 Å². The molecule has 1 aromatic rings. The Kier molecular flexibility index (Phi) is 2.99. The Morgan fingerprint density at radius 2 is 2.33 bits per heavy atom. The monoisotopic (exact) mass is 251 g/mol. The van der Waals surface area contributed by atoms with Crippen LogP contribution in [0.2, 0.25) is 0 Å². The lowest BCUT2D eigenvalue weighted by Crippen LogP contribution is -2.36. The Hall–Kier alpha value is -1.13. The highest BCUT2D eigenvalue weighted by Gasteiger charge is 2.38. The molecule has 2 unspecified atom stereocenters. The van der Waals surface area contributed by atoms with Crippen LogP contribution in [0.4, 0.5) is 4.39 Å². The number of ether oxygens (including phenoxy) is 2. The molecule has 2 heterocycles. The topological polar surface area (TPSA) is 44.5 Å². The Morgan fingerprint density at radius 1 is 1.44 bits per heavy atom. The van der Waals surface area contributed by atoms with Crippen LogP contribution < -0.4 is 10.5 Å². The quantitative estimate of drug-likeness (QED) is 0.892. The van der Waals surface area contributed by atoms with Gasteiger partial charge in [-0.1, -0.05) is 0 Å². The lowest BCUT2D eigenvalue weighted by atomic mass is 9.81. The van der Waals surface area contributed by atoms with Gasteiger partial charge in [-0.15, -0.1) is 0 Å². The van der Waals surface area contributed by atoms with Crippen LogP contribution >= 0.6 is 0 Å². The van der Waals surface area contributed by atoms with E-state index in [0.717, 1.165) is 37.2 Å². The minimum Gasteiger partial charge on any atom is -0.490 e. The van der Waals surface area contributed by atoms with Crippen molar-refractivity contribution in [2.24, 2.45) is 11.1 Å². The van der Waals surface area contributed by atoms with Crippen LogP contribution in [0.3, 0.4) is 0 Å². The Balaban J connectivity index is 1.70. The highest BCUT2D eigenvalue weighted by molar-refractivity contribution is 5.37. The highest BCUT2D eigenvalue weighted by Crippen LogP contribution is 2.38. The molecule has 3 nitrogen and oxygen atoms in total. The van der Waals surface area contributed by atoms with Gasteiger partial charge in [0.15, 0.2) is 0 Å². The SMILES string of the molecule is NCC1(CC2Cc3cc(F)ccc3O2)CCOC1. The number of fused-ring (bicyclic) bond motifs is 1. The number of benzene rings is 1. The first-order valence-electron chi connectivity index (χ1n) is 6.44. The maximum atomic E-state index is 13.1. The van der Waals surface area contributed by atoms with Gasteiger partial charge in [0.1, 0.15) is 17.7 Å². The molecule has 1 saturated heterocycles. The zero-order chi connectivity index (χ0) is 12.6. The summed E-state index contributed by atoms with van der Waals surface area (Å²) in [6.07, 6.45) is 2.76. The van der Waals surface area contributed by atoms with Gasteiger partial charge in [-0.2, -0.15) is 0 Å². The fourth-order valence-corrected chi connectivity index (χ4v) is 2.94. The third-order valence-electron chi connectivity index (χ3n) is 4.04. The van der Waals surface area contributed by atoms with Crippen molar-refractivity contribution in [1.82, 2.24) is 0 Å². The Labute approximate surface area is 106 Å². The van der Waals surface area contributed by atoms with Gasteiger partial charge in [-0.25, -0.2) is 4.39 Å². The van der Waals surface area contributed by atoms with E-state index in [1.54, 1.807) is 12.1 Å². The van der Waals surface area contributed by atoms with E-state index in [2.05, 4.69) is 0 Å². The standard InChI is InChI=1S/C14H18FNO2/c15-11-1-2-13-10(5-11)6-12(18-13)7-14(8-16)3-4-17-9-14/h1-2,5,12H,3-4,6-9,16H2. The van der Waals surface area contributed by atoms with Gasteiger partial charge in [-0.3, -0.25) is 0 Å². The van der Waals surface area contributed by atoms with Crippen molar-refractivity contribution in [3.05, 3.63) is 29.6 Å². The summed E-state index contributed by atoms with van der Waals surface area (Å²) in [6.45, 7) is 2.12. The van der Waals surface area contributed by atoms with Gasteiger partial charge in [0, 0.05) is 30.6 Å². The molecule has 0 aromatic heterocycles. The predicted molar refractivity (Wildman–Crippen MR) is 66.1 cm³/mol. The third-order valence-corrected chi connectivity index (χ3v) is 4.04. The lowest BCUT2D eigenvalue weighted by Gasteiger charge is -2.28. The molecule has 0 radical (unpaired) electrons. The van der Waals surface area contributed by atoms with Crippen molar-refractivity contribution in [1.29, 1.82) is 0 Å². The molecular formula is C14H18FNO2. The lowest BCUT2D eigenvalue weighted by molar-refractivity contribution is 0.108. The van der Waals surface area contributed by atoms with Crippen LogP contribution in [-0.2, 0) is 11.2 Å². The summed E-state index contributed by atoms with van der Waals surface area (Å²) in [5.41, 5.74) is 6.89. The van der Waals surface area contributed by atoms with E-state index in [0.29, 0.717) is 13.2 Å². The minimum absolute atomic E-state index is 0.0469. The van der Waals surface area contributed by atoms with Crippen LogP contribution in [0.25, 0.3) is 0 Å². The van der Waals surface area contributed by atoms with Crippen LogP contribution in [0.5, 0.6) is 5.75 Å². The molecule has 0 saturated carbocycles. The predicted octanol–water partition coefficient (Wildman–Crippen LogP) is 1.88. The molecule has 1 fully saturated rings. The molecular weight excluding hydrogens is 233 g/mol. The summed E-state index contributed by atoms with van der Waals surface area (Å²) < 4.78 is 24.5. The number of rotatable bonds is 3. The van der Waals surface area contributed by atoms with Crippen LogP contribution in [0, 0.1) is 11.2 Å². The van der Waals surface area contributed by atoms with E-state index in [1.165, 1.54) is 6.07 Å². The molecule has 0 bridgehead atoms. The van der Waals surface area contributed by atoms with E-state index in [-0.39, 0.29) is 17.3 Å². The van der Waals surface area contributed by atoms with Crippen LogP contribution in [0.1, 0.15) is 18.4 Å². The summed E-state index contributed by atoms with van der Waals surface area (Å²) in [5, 5.41) is 0. The maximum absolute atomic E-state index is 13.1. The minimum atomic E-state index is -0.198. The number of hydrogen-bond acceptors (Lipinski definition) is 3. The van der Waals surface area contributed by atoms with Crippen molar-refractivity contribution in [2.75, 3.05) is 19.8 Å². The summed E-state index contributed by atoms with van der Waals surface area (Å²) in [6, 6.07) is 4.72. The molecule has 18 heavy (non-hydrogen) atoms. The summed E-state index contributed by atoms with van der Waals surface area (Å²) in [4.78, 5) is 0. The van der Waals surface area contributed by atoms with Gasteiger partial charge in [0.25, 0.3) is 0 Å². The number of hydrogen-bond donors (Lipinski definition) is 1. The fraction of sp³-hybridized carbons (Fsp3) is 0.571. The molecule has 1 aromatic carbocycles. The van der Waals surface area contributed by atoms with Gasteiger partial charge in [-0.05, 0) is 31.0 Å². The molecule has 3 rings (SSSR count). The second-order valence-electron chi connectivity index (χ2n) is 5.41.